The largest absolute Gasteiger partial charge is 0.330 e. The second kappa shape index (κ2) is 9.47. The van der Waals surface area contributed by atoms with Gasteiger partial charge in [0.1, 0.15) is 0 Å². The number of hydrogen-bond donors (Lipinski definition) is 3. The first kappa shape index (κ1) is 17.7. The second-order valence-electron chi connectivity index (χ2n) is 5.59. The van der Waals surface area contributed by atoms with Crippen molar-refractivity contribution < 1.29 is 9.59 Å². The zero-order valence-electron chi connectivity index (χ0n) is 13.6. The second-order valence-corrected chi connectivity index (χ2v) is 5.59. The predicted octanol–water partition coefficient (Wildman–Crippen LogP) is 2.94. The van der Waals surface area contributed by atoms with Crippen molar-refractivity contribution in [2.75, 3.05) is 17.2 Å². The van der Waals surface area contributed by atoms with Crippen molar-refractivity contribution in [2.24, 2.45) is 5.73 Å². The Labute approximate surface area is 142 Å². The fraction of sp³-hybridized carbons (Fsp3) is 0.263. The van der Waals surface area contributed by atoms with Crippen LogP contribution in [0.1, 0.15) is 24.8 Å². The number of rotatable bonds is 8. The molecule has 0 radical (unpaired) electrons. The van der Waals surface area contributed by atoms with Crippen LogP contribution in [0.15, 0.2) is 54.6 Å². The van der Waals surface area contributed by atoms with Crippen molar-refractivity contribution in [3.63, 3.8) is 0 Å². The molecule has 0 aliphatic heterocycles. The number of anilines is 2. The number of carbonyl (C=O) groups is 2. The fourth-order valence-corrected chi connectivity index (χ4v) is 2.31. The summed E-state index contributed by atoms with van der Waals surface area (Å²) in [5.41, 5.74) is 7.71. The summed E-state index contributed by atoms with van der Waals surface area (Å²) in [6.45, 7) is 0.593. The minimum atomic E-state index is -0.0902. The summed E-state index contributed by atoms with van der Waals surface area (Å²) in [5, 5.41) is 5.68. The first-order chi connectivity index (χ1) is 11.7. The lowest BCUT2D eigenvalue weighted by atomic mass is 10.1. The highest BCUT2D eigenvalue weighted by Gasteiger charge is 2.06. The van der Waals surface area contributed by atoms with Gasteiger partial charge in [-0.2, -0.15) is 0 Å². The minimum Gasteiger partial charge on any atom is -0.330 e. The van der Waals surface area contributed by atoms with Gasteiger partial charge in [0.15, 0.2) is 0 Å². The van der Waals surface area contributed by atoms with Crippen LogP contribution < -0.4 is 16.4 Å². The molecule has 2 aromatic rings. The fourth-order valence-electron chi connectivity index (χ4n) is 2.31. The summed E-state index contributed by atoms with van der Waals surface area (Å²) in [7, 11) is 0. The van der Waals surface area contributed by atoms with Crippen LogP contribution in [0.5, 0.6) is 0 Å². The standard InChI is InChI=1S/C19H23N3O2/c20-12-5-4-11-18(23)21-16-9-6-10-17(14-16)22-19(24)13-15-7-2-1-3-8-15/h1-3,6-10,14H,4-5,11-13,20H2,(H,21,23)(H,22,24). The Morgan fingerprint density at radius 2 is 1.50 bits per heavy atom. The van der Waals surface area contributed by atoms with Crippen LogP contribution >= 0.6 is 0 Å². The van der Waals surface area contributed by atoms with E-state index in [1.807, 2.05) is 30.3 Å². The monoisotopic (exact) mass is 325 g/mol. The summed E-state index contributed by atoms with van der Waals surface area (Å²) < 4.78 is 0. The highest BCUT2D eigenvalue weighted by Crippen LogP contribution is 2.16. The maximum Gasteiger partial charge on any atom is 0.228 e. The maximum atomic E-state index is 12.1. The molecule has 2 aromatic carbocycles. The molecule has 24 heavy (non-hydrogen) atoms. The van der Waals surface area contributed by atoms with Crippen LogP contribution in [0.3, 0.4) is 0 Å². The molecule has 0 bridgehead atoms. The molecule has 0 spiro atoms. The molecule has 2 rings (SSSR count). The van der Waals surface area contributed by atoms with E-state index in [1.54, 1.807) is 24.3 Å². The Kier molecular flexibility index (Phi) is 6.98. The van der Waals surface area contributed by atoms with Gasteiger partial charge in [-0.3, -0.25) is 9.59 Å². The van der Waals surface area contributed by atoms with Crippen LogP contribution in [0.2, 0.25) is 0 Å². The van der Waals surface area contributed by atoms with Crippen molar-refractivity contribution in [3.05, 3.63) is 60.2 Å². The zero-order valence-corrected chi connectivity index (χ0v) is 13.6. The number of nitrogens with two attached hydrogens (primary N) is 1. The summed E-state index contributed by atoms with van der Waals surface area (Å²) in [4.78, 5) is 23.9. The van der Waals surface area contributed by atoms with E-state index >= 15 is 0 Å². The van der Waals surface area contributed by atoms with Crippen molar-refractivity contribution >= 4 is 23.2 Å². The van der Waals surface area contributed by atoms with Gasteiger partial charge in [0, 0.05) is 17.8 Å². The van der Waals surface area contributed by atoms with Gasteiger partial charge in [-0.25, -0.2) is 0 Å². The molecular formula is C19H23N3O2. The van der Waals surface area contributed by atoms with Gasteiger partial charge >= 0.3 is 0 Å². The number of nitrogens with one attached hydrogen (secondary N) is 2. The molecule has 5 nitrogen and oxygen atoms in total. The van der Waals surface area contributed by atoms with E-state index in [4.69, 9.17) is 5.73 Å². The van der Waals surface area contributed by atoms with Crippen molar-refractivity contribution in [1.82, 2.24) is 0 Å². The SMILES string of the molecule is NCCCCC(=O)Nc1cccc(NC(=O)Cc2ccccc2)c1. The average molecular weight is 325 g/mol. The van der Waals surface area contributed by atoms with E-state index in [9.17, 15) is 9.59 Å². The van der Waals surface area contributed by atoms with E-state index in [0.29, 0.717) is 30.8 Å². The molecule has 0 fully saturated rings. The number of carbonyl (C=O) groups excluding carboxylic acids is 2. The summed E-state index contributed by atoms with van der Waals surface area (Å²) in [6, 6.07) is 16.7. The summed E-state index contributed by atoms with van der Waals surface area (Å²) >= 11 is 0. The van der Waals surface area contributed by atoms with Crippen LogP contribution in [-0.4, -0.2) is 18.4 Å². The van der Waals surface area contributed by atoms with Crippen LogP contribution in [0, 0.1) is 0 Å². The first-order valence-corrected chi connectivity index (χ1v) is 8.11. The van der Waals surface area contributed by atoms with Crippen molar-refractivity contribution in [2.45, 2.75) is 25.7 Å². The van der Waals surface area contributed by atoms with Gasteiger partial charge in [0.25, 0.3) is 0 Å². The van der Waals surface area contributed by atoms with Crippen molar-refractivity contribution in [3.8, 4) is 0 Å². The van der Waals surface area contributed by atoms with Gasteiger partial charge in [0.2, 0.25) is 11.8 Å². The van der Waals surface area contributed by atoms with E-state index in [2.05, 4.69) is 10.6 Å². The molecule has 0 unspecified atom stereocenters. The molecule has 0 atom stereocenters. The predicted molar refractivity (Wildman–Crippen MR) is 96.8 cm³/mol. The quantitative estimate of drug-likeness (QED) is 0.652. The van der Waals surface area contributed by atoms with Gasteiger partial charge in [0.05, 0.1) is 6.42 Å². The van der Waals surface area contributed by atoms with Gasteiger partial charge in [-0.05, 0) is 43.1 Å². The van der Waals surface area contributed by atoms with Gasteiger partial charge in [-0.15, -0.1) is 0 Å². The molecule has 0 saturated heterocycles. The average Bonchev–Trinajstić information content (AvgIpc) is 2.56. The van der Waals surface area contributed by atoms with Crippen molar-refractivity contribution in [1.29, 1.82) is 0 Å². The number of unbranched alkanes of at least 4 members (excludes halogenated alkanes) is 1. The molecule has 0 heterocycles. The molecule has 126 valence electrons. The Morgan fingerprint density at radius 1 is 0.833 bits per heavy atom. The minimum absolute atomic E-state index is 0.0452. The normalized spacial score (nSPS) is 10.2. The van der Waals surface area contributed by atoms with E-state index < -0.39 is 0 Å². The molecule has 4 N–H and O–H groups in total. The molecule has 5 heteroatoms. The molecule has 0 aromatic heterocycles. The third-order valence-electron chi connectivity index (χ3n) is 3.50. The molecule has 0 saturated carbocycles. The maximum absolute atomic E-state index is 12.1. The molecule has 2 amide bonds. The third kappa shape index (κ3) is 6.22. The molecule has 0 aliphatic rings. The Hall–Kier alpha value is -2.66. The summed E-state index contributed by atoms with van der Waals surface area (Å²) in [6.07, 6.45) is 2.37. The molecular weight excluding hydrogens is 302 g/mol. The topological polar surface area (TPSA) is 84.2 Å². The van der Waals surface area contributed by atoms with Gasteiger partial charge < -0.3 is 16.4 Å². The zero-order chi connectivity index (χ0) is 17.2. The van der Waals surface area contributed by atoms with E-state index in [-0.39, 0.29) is 11.8 Å². The lowest BCUT2D eigenvalue weighted by Gasteiger charge is -2.09. The Balaban J connectivity index is 1.87. The first-order valence-electron chi connectivity index (χ1n) is 8.11. The number of benzene rings is 2. The highest BCUT2D eigenvalue weighted by atomic mass is 16.2. The number of amides is 2. The highest BCUT2D eigenvalue weighted by molar-refractivity contribution is 5.94. The van der Waals surface area contributed by atoms with E-state index in [1.165, 1.54) is 0 Å². The lowest BCUT2D eigenvalue weighted by molar-refractivity contribution is -0.116. The summed E-state index contributed by atoms with van der Waals surface area (Å²) in [5.74, 6) is -0.135. The Bertz CT molecular complexity index is 671. The van der Waals surface area contributed by atoms with Gasteiger partial charge in [-0.1, -0.05) is 36.4 Å². The van der Waals surface area contributed by atoms with Crippen LogP contribution in [-0.2, 0) is 16.0 Å². The van der Waals surface area contributed by atoms with E-state index in [0.717, 1.165) is 18.4 Å². The smallest absolute Gasteiger partial charge is 0.228 e. The van der Waals surface area contributed by atoms with Crippen LogP contribution in [0.4, 0.5) is 11.4 Å². The number of hydrogen-bond acceptors (Lipinski definition) is 3. The van der Waals surface area contributed by atoms with Crippen LogP contribution in [0.25, 0.3) is 0 Å². The molecule has 0 aliphatic carbocycles. The Morgan fingerprint density at radius 3 is 2.17 bits per heavy atom. The lowest BCUT2D eigenvalue weighted by Crippen LogP contribution is -2.15. The third-order valence-corrected chi connectivity index (χ3v) is 3.50.